The van der Waals surface area contributed by atoms with E-state index in [1.165, 1.54) is 11.8 Å². The Balaban J connectivity index is 2.14. The molecule has 0 saturated heterocycles. The SMILES string of the molecule is C=C(C)COCCNC(=O)CSc1ccc(OC)cc1. The highest BCUT2D eigenvalue weighted by Crippen LogP contribution is 2.20. The number of rotatable bonds is 9. The van der Waals surface area contributed by atoms with Gasteiger partial charge in [0.25, 0.3) is 0 Å². The van der Waals surface area contributed by atoms with Gasteiger partial charge in [-0.25, -0.2) is 0 Å². The van der Waals surface area contributed by atoms with E-state index in [4.69, 9.17) is 9.47 Å². The number of carbonyl (C=O) groups is 1. The van der Waals surface area contributed by atoms with Gasteiger partial charge in [0.2, 0.25) is 5.91 Å². The molecule has 1 rings (SSSR count). The molecule has 1 aromatic rings. The second kappa shape index (κ2) is 9.44. The first-order chi connectivity index (χ1) is 9.61. The van der Waals surface area contributed by atoms with Crippen molar-refractivity contribution in [3.8, 4) is 5.75 Å². The van der Waals surface area contributed by atoms with Crippen molar-refractivity contribution in [2.45, 2.75) is 11.8 Å². The lowest BCUT2D eigenvalue weighted by atomic mass is 10.3. The molecule has 1 amide bonds. The van der Waals surface area contributed by atoms with E-state index in [0.29, 0.717) is 25.5 Å². The van der Waals surface area contributed by atoms with Gasteiger partial charge in [-0.3, -0.25) is 4.79 Å². The molecule has 0 unspecified atom stereocenters. The lowest BCUT2D eigenvalue weighted by Crippen LogP contribution is -2.28. The maximum absolute atomic E-state index is 11.6. The average Bonchev–Trinajstić information content (AvgIpc) is 2.45. The van der Waals surface area contributed by atoms with Gasteiger partial charge in [0.15, 0.2) is 0 Å². The van der Waals surface area contributed by atoms with Crippen LogP contribution in [0.2, 0.25) is 0 Å². The number of thioether (sulfide) groups is 1. The van der Waals surface area contributed by atoms with Crippen LogP contribution in [0.5, 0.6) is 5.75 Å². The van der Waals surface area contributed by atoms with Crippen molar-refractivity contribution in [1.82, 2.24) is 5.32 Å². The fourth-order valence-electron chi connectivity index (χ4n) is 1.38. The van der Waals surface area contributed by atoms with E-state index in [0.717, 1.165) is 16.2 Å². The van der Waals surface area contributed by atoms with E-state index >= 15 is 0 Å². The zero-order valence-corrected chi connectivity index (χ0v) is 12.8. The minimum absolute atomic E-state index is 0.00439. The summed E-state index contributed by atoms with van der Waals surface area (Å²) in [5.41, 5.74) is 0.978. The number of hydrogen-bond donors (Lipinski definition) is 1. The summed E-state index contributed by atoms with van der Waals surface area (Å²) in [5.74, 6) is 1.21. The molecule has 1 N–H and O–H groups in total. The molecule has 0 atom stereocenters. The molecule has 20 heavy (non-hydrogen) atoms. The molecule has 0 spiro atoms. The molecule has 0 aromatic heterocycles. The van der Waals surface area contributed by atoms with Gasteiger partial charge < -0.3 is 14.8 Å². The average molecular weight is 295 g/mol. The van der Waals surface area contributed by atoms with Crippen molar-refractivity contribution in [3.05, 3.63) is 36.4 Å². The van der Waals surface area contributed by atoms with Crippen LogP contribution in [0.25, 0.3) is 0 Å². The summed E-state index contributed by atoms with van der Waals surface area (Å²) >= 11 is 1.49. The third-order valence-electron chi connectivity index (χ3n) is 2.35. The Bertz CT molecular complexity index is 431. The third kappa shape index (κ3) is 7.21. The van der Waals surface area contributed by atoms with Crippen LogP contribution in [-0.2, 0) is 9.53 Å². The van der Waals surface area contributed by atoms with Gasteiger partial charge in [-0.05, 0) is 31.2 Å². The molecule has 0 aliphatic rings. The van der Waals surface area contributed by atoms with Crippen LogP contribution < -0.4 is 10.1 Å². The van der Waals surface area contributed by atoms with Crippen LogP contribution in [0.3, 0.4) is 0 Å². The van der Waals surface area contributed by atoms with Gasteiger partial charge in [0.05, 0.1) is 26.1 Å². The maximum Gasteiger partial charge on any atom is 0.230 e. The van der Waals surface area contributed by atoms with Gasteiger partial charge in [-0.15, -0.1) is 11.8 Å². The Morgan fingerprint density at radius 1 is 1.35 bits per heavy atom. The minimum atomic E-state index is 0.00439. The molecule has 0 bridgehead atoms. The van der Waals surface area contributed by atoms with Crippen molar-refractivity contribution in [2.75, 3.05) is 32.6 Å². The molecule has 4 nitrogen and oxygen atoms in total. The zero-order valence-electron chi connectivity index (χ0n) is 12.0. The fourth-order valence-corrected chi connectivity index (χ4v) is 2.11. The molecule has 5 heteroatoms. The lowest BCUT2D eigenvalue weighted by Gasteiger charge is -2.06. The van der Waals surface area contributed by atoms with Gasteiger partial charge in [-0.2, -0.15) is 0 Å². The second-order valence-corrected chi connectivity index (χ2v) is 5.37. The quantitative estimate of drug-likeness (QED) is 0.432. The molecule has 1 aromatic carbocycles. The summed E-state index contributed by atoms with van der Waals surface area (Å²) in [5, 5.41) is 2.81. The number of nitrogens with one attached hydrogen (secondary N) is 1. The molecule has 110 valence electrons. The van der Waals surface area contributed by atoms with E-state index in [1.807, 2.05) is 31.2 Å². The van der Waals surface area contributed by atoms with Crippen LogP contribution in [0.4, 0.5) is 0 Å². The number of carbonyl (C=O) groups excluding carboxylic acids is 1. The third-order valence-corrected chi connectivity index (χ3v) is 3.36. The summed E-state index contributed by atoms with van der Waals surface area (Å²) < 4.78 is 10.4. The van der Waals surface area contributed by atoms with E-state index in [1.54, 1.807) is 7.11 Å². The summed E-state index contributed by atoms with van der Waals surface area (Å²) in [6, 6.07) is 7.64. The van der Waals surface area contributed by atoms with Crippen LogP contribution >= 0.6 is 11.8 Å². The molecular formula is C15H21NO3S. The van der Waals surface area contributed by atoms with E-state index < -0.39 is 0 Å². The highest BCUT2D eigenvalue weighted by atomic mass is 32.2. The first-order valence-corrected chi connectivity index (χ1v) is 7.36. The summed E-state index contributed by atoms with van der Waals surface area (Å²) in [7, 11) is 1.63. The fraction of sp³-hybridized carbons (Fsp3) is 0.400. The number of ether oxygens (including phenoxy) is 2. The van der Waals surface area contributed by atoms with E-state index in [-0.39, 0.29) is 5.91 Å². The smallest absolute Gasteiger partial charge is 0.230 e. The molecule has 0 radical (unpaired) electrons. The number of benzene rings is 1. The number of hydrogen-bond acceptors (Lipinski definition) is 4. The summed E-state index contributed by atoms with van der Waals surface area (Å²) in [6.07, 6.45) is 0. The highest BCUT2D eigenvalue weighted by molar-refractivity contribution is 8.00. The van der Waals surface area contributed by atoms with E-state index in [9.17, 15) is 4.79 Å². The first-order valence-electron chi connectivity index (χ1n) is 6.37. The van der Waals surface area contributed by atoms with Crippen molar-refractivity contribution in [2.24, 2.45) is 0 Å². The Kier molecular flexibility index (Phi) is 7.84. The maximum atomic E-state index is 11.6. The first kappa shape index (κ1) is 16.6. The van der Waals surface area contributed by atoms with Crippen LogP contribution in [0.15, 0.2) is 41.3 Å². The Labute approximate surface area is 124 Å². The summed E-state index contributed by atoms with van der Waals surface area (Å²) in [4.78, 5) is 12.6. The second-order valence-electron chi connectivity index (χ2n) is 4.32. The Morgan fingerprint density at radius 2 is 2.05 bits per heavy atom. The largest absolute Gasteiger partial charge is 0.497 e. The minimum Gasteiger partial charge on any atom is -0.497 e. The van der Waals surface area contributed by atoms with Crippen LogP contribution in [0.1, 0.15) is 6.92 Å². The number of methoxy groups -OCH3 is 1. The topological polar surface area (TPSA) is 47.6 Å². The van der Waals surface area contributed by atoms with Gasteiger partial charge in [-0.1, -0.05) is 12.2 Å². The highest BCUT2D eigenvalue weighted by Gasteiger charge is 2.02. The molecule has 0 fully saturated rings. The van der Waals surface area contributed by atoms with Gasteiger partial charge >= 0.3 is 0 Å². The van der Waals surface area contributed by atoms with Crippen LogP contribution in [0, 0.1) is 0 Å². The molecule has 0 aliphatic carbocycles. The van der Waals surface area contributed by atoms with Crippen molar-refractivity contribution in [3.63, 3.8) is 0 Å². The normalized spacial score (nSPS) is 10.1. The van der Waals surface area contributed by atoms with Crippen molar-refractivity contribution >= 4 is 17.7 Å². The molecular weight excluding hydrogens is 274 g/mol. The zero-order chi connectivity index (χ0) is 14.8. The Morgan fingerprint density at radius 3 is 2.65 bits per heavy atom. The van der Waals surface area contributed by atoms with Crippen molar-refractivity contribution in [1.29, 1.82) is 0 Å². The van der Waals surface area contributed by atoms with E-state index in [2.05, 4.69) is 11.9 Å². The van der Waals surface area contributed by atoms with Crippen LogP contribution in [-0.4, -0.2) is 38.5 Å². The molecule has 0 heterocycles. The van der Waals surface area contributed by atoms with Gasteiger partial charge in [0, 0.05) is 11.4 Å². The summed E-state index contributed by atoms with van der Waals surface area (Å²) in [6.45, 7) is 7.21. The number of amides is 1. The standard InChI is InChI=1S/C15H21NO3S/c1-12(2)10-19-9-8-16-15(17)11-20-14-6-4-13(18-3)5-7-14/h4-7H,1,8-11H2,2-3H3,(H,16,17). The van der Waals surface area contributed by atoms with Gasteiger partial charge in [0.1, 0.15) is 5.75 Å². The molecule has 0 aliphatic heterocycles. The van der Waals surface area contributed by atoms with Crippen molar-refractivity contribution < 1.29 is 14.3 Å². The predicted molar refractivity (Wildman–Crippen MR) is 82.4 cm³/mol. The monoisotopic (exact) mass is 295 g/mol. The Hall–Kier alpha value is -1.46. The lowest BCUT2D eigenvalue weighted by molar-refractivity contribution is -0.118. The predicted octanol–water partition coefficient (Wildman–Crippen LogP) is 2.50. The molecule has 0 saturated carbocycles.